The SMILES string of the molecule is CCNC(=NCc1ccc(OC)c(C(=O)OC)c1)NC1CCN(C(=O)C2CCCC2)C1.I. The summed E-state index contributed by atoms with van der Waals surface area (Å²) in [4.78, 5) is 31.4. The number of carbonyl (C=O) groups excluding carboxylic acids is 2. The summed E-state index contributed by atoms with van der Waals surface area (Å²) in [5.41, 5.74) is 1.26. The van der Waals surface area contributed by atoms with Gasteiger partial charge in [-0.15, -0.1) is 24.0 Å². The van der Waals surface area contributed by atoms with Crippen molar-refractivity contribution in [2.45, 2.75) is 51.6 Å². The van der Waals surface area contributed by atoms with Gasteiger partial charge >= 0.3 is 5.97 Å². The van der Waals surface area contributed by atoms with Crippen molar-refractivity contribution >= 4 is 41.8 Å². The predicted molar refractivity (Wildman–Crippen MR) is 135 cm³/mol. The Labute approximate surface area is 207 Å². The number of nitrogens with zero attached hydrogens (tertiary/aromatic N) is 2. The number of rotatable bonds is 7. The van der Waals surface area contributed by atoms with Crippen LogP contribution in [0.2, 0.25) is 0 Å². The molecule has 0 radical (unpaired) electrons. The van der Waals surface area contributed by atoms with Gasteiger partial charge < -0.3 is 25.0 Å². The van der Waals surface area contributed by atoms with Crippen LogP contribution in [0, 0.1) is 5.92 Å². The number of likely N-dealkylation sites (tertiary alicyclic amines) is 1. The summed E-state index contributed by atoms with van der Waals surface area (Å²) in [6.45, 7) is 4.67. The maximum Gasteiger partial charge on any atom is 0.341 e. The van der Waals surface area contributed by atoms with Gasteiger partial charge in [-0.25, -0.2) is 9.79 Å². The minimum Gasteiger partial charge on any atom is -0.496 e. The van der Waals surface area contributed by atoms with E-state index in [1.807, 2.05) is 17.9 Å². The van der Waals surface area contributed by atoms with E-state index in [1.54, 1.807) is 12.1 Å². The zero-order valence-corrected chi connectivity index (χ0v) is 21.5. The molecule has 0 bridgehead atoms. The first-order valence-corrected chi connectivity index (χ1v) is 11.1. The molecule has 1 aromatic rings. The molecular formula is C23H35IN4O4. The van der Waals surface area contributed by atoms with E-state index in [0.717, 1.165) is 44.5 Å². The van der Waals surface area contributed by atoms with E-state index >= 15 is 0 Å². The van der Waals surface area contributed by atoms with Crippen LogP contribution in [0.5, 0.6) is 5.75 Å². The summed E-state index contributed by atoms with van der Waals surface area (Å²) >= 11 is 0. The zero-order chi connectivity index (χ0) is 22.2. The van der Waals surface area contributed by atoms with Crippen molar-refractivity contribution in [3.05, 3.63) is 29.3 Å². The molecule has 1 heterocycles. The molecule has 1 saturated heterocycles. The summed E-state index contributed by atoms with van der Waals surface area (Å²) in [7, 11) is 2.87. The predicted octanol–water partition coefficient (Wildman–Crippen LogP) is 2.95. The van der Waals surface area contributed by atoms with Gasteiger partial charge in [-0.2, -0.15) is 0 Å². The molecule has 1 aliphatic heterocycles. The lowest BCUT2D eigenvalue weighted by molar-refractivity contribution is -0.134. The highest BCUT2D eigenvalue weighted by molar-refractivity contribution is 14.0. The summed E-state index contributed by atoms with van der Waals surface area (Å²) in [6.07, 6.45) is 5.33. The summed E-state index contributed by atoms with van der Waals surface area (Å²) in [5, 5.41) is 6.73. The van der Waals surface area contributed by atoms with E-state index in [2.05, 4.69) is 15.6 Å². The van der Waals surface area contributed by atoms with Gasteiger partial charge in [-0.3, -0.25) is 4.79 Å². The number of ether oxygens (including phenoxy) is 2. The molecule has 1 amide bonds. The van der Waals surface area contributed by atoms with Crippen molar-refractivity contribution in [1.29, 1.82) is 0 Å². The van der Waals surface area contributed by atoms with Gasteiger partial charge in [0.1, 0.15) is 11.3 Å². The van der Waals surface area contributed by atoms with Gasteiger partial charge in [0, 0.05) is 31.6 Å². The number of benzene rings is 1. The first-order valence-electron chi connectivity index (χ1n) is 11.1. The third kappa shape index (κ3) is 6.73. The van der Waals surface area contributed by atoms with Crippen molar-refractivity contribution < 1.29 is 19.1 Å². The zero-order valence-electron chi connectivity index (χ0n) is 19.2. The van der Waals surface area contributed by atoms with Gasteiger partial charge in [0.25, 0.3) is 0 Å². The highest BCUT2D eigenvalue weighted by Crippen LogP contribution is 2.28. The fourth-order valence-corrected chi connectivity index (χ4v) is 4.32. The Morgan fingerprint density at radius 1 is 1.19 bits per heavy atom. The molecule has 2 N–H and O–H groups in total. The van der Waals surface area contributed by atoms with E-state index in [0.29, 0.717) is 29.7 Å². The fourth-order valence-electron chi connectivity index (χ4n) is 4.32. The van der Waals surface area contributed by atoms with Crippen LogP contribution in [0.25, 0.3) is 0 Å². The fraction of sp³-hybridized carbons (Fsp3) is 0.609. The maximum atomic E-state index is 12.7. The van der Waals surface area contributed by atoms with Gasteiger partial charge in [-0.1, -0.05) is 18.9 Å². The molecule has 1 unspecified atom stereocenters. The number of amides is 1. The molecule has 8 nitrogen and oxygen atoms in total. The second-order valence-electron chi connectivity index (χ2n) is 8.12. The molecule has 1 aromatic carbocycles. The number of halogens is 1. The third-order valence-electron chi connectivity index (χ3n) is 5.98. The Kier molecular flexibility index (Phi) is 10.5. The van der Waals surface area contributed by atoms with Crippen molar-refractivity contribution in [1.82, 2.24) is 15.5 Å². The van der Waals surface area contributed by atoms with Crippen LogP contribution in [-0.2, 0) is 16.1 Å². The number of aliphatic imine (C=N–C) groups is 1. The summed E-state index contributed by atoms with van der Waals surface area (Å²) in [6, 6.07) is 5.57. The highest BCUT2D eigenvalue weighted by Gasteiger charge is 2.32. The Morgan fingerprint density at radius 2 is 1.94 bits per heavy atom. The van der Waals surface area contributed by atoms with Crippen LogP contribution in [0.15, 0.2) is 23.2 Å². The molecule has 1 atom stereocenters. The summed E-state index contributed by atoms with van der Waals surface area (Å²) < 4.78 is 10.1. The highest BCUT2D eigenvalue weighted by atomic mass is 127. The van der Waals surface area contributed by atoms with Crippen molar-refractivity contribution in [2.24, 2.45) is 10.9 Å². The quantitative estimate of drug-likeness (QED) is 0.232. The first-order chi connectivity index (χ1) is 15.0. The van der Waals surface area contributed by atoms with E-state index < -0.39 is 5.97 Å². The lowest BCUT2D eigenvalue weighted by Gasteiger charge is -2.21. The van der Waals surface area contributed by atoms with Crippen LogP contribution in [0.4, 0.5) is 0 Å². The topological polar surface area (TPSA) is 92.3 Å². The Hall–Kier alpha value is -2.04. The number of carbonyl (C=O) groups is 2. The van der Waals surface area contributed by atoms with E-state index in [-0.39, 0.29) is 35.9 Å². The van der Waals surface area contributed by atoms with E-state index in [9.17, 15) is 9.59 Å². The van der Waals surface area contributed by atoms with Crippen molar-refractivity contribution in [3.63, 3.8) is 0 Å². The average Bonchev–Trinajstić information content (AvgIpc) is 3.49. The second-order valence-corrected chi connectivity index (χ2v) is 8.12. The second kappa shape index (κ2) is 12.9. The van der Waals surface area contributed by atoms with E-state index in [1.165, 1.54) is 27.1 Å². The largest absolute Gasteiger partial charge is 0.496 e. The lowest BCUT2D eigenvalue weighted by atomic mass is 10.1. The Balaban J connectivity index is 0.00000363. The van der Waals surface area contributed by atoms with Gasteiger partial charge in [0.15, 0.2) is 5.96 Å². The van der Waals surface area contributed by atoms with Gasteiger partial charge in [-0.05, 0) is 43.9 Å². The normalized spacial score (nSPS) is 18.8. The third-order valence-corrected chi connectivity index (χ3v) is 5.98. The first kappa shape index (κ1) is 26.2. The Morgan fingerprint density at radius 3 is 2.59 bits per heavy atom. The number of guanidine groups is 1. The number of methoxy groups -OCH3 is 2. The molecule has 2 aliphatic rings. The number of esters is 1. The smallest absolute Gasteiger partial charge is 0.341 e. The minimum atomic E-state index is -0.439. The molecule has 9 heteroatoms. The monoisotopic (exact) mass is 558 g/mol. The minimum absolute atomic E-state index is 0. The molecule has 2 fully saturated rings. The Bertz CT molecular complexity index is 811. The van der Waals surface area contributed by atoms with Crippen LogP contribution < -0.4 is 15.4 Å². The molecule has 1 saturated carbocycles. The number of hydrogen-bond donors (Lipinski definition) is 2. The molecule has 0 aromatic heterocycles. The standard InChI is InChI=1S/C23H34N4O4.HI/c1-4-24-23(25-14-16-9-10-20(30-2)19(13-16)22(29)31-3)26-18-11-12-27(15-18)21(28)17-7-5-6-8-17;/h9-10,13,17-18H,4-8,11-12,14-15H2,1-3H3,(H2,24,25,26);1H. The maximum absolute atomic E-state index is 12.7. The number of nitrogens with one attached hydrogen (secondary N) is 2. The molecule has 0 spiro atoms. The van der Waals surface area contributed by atoms with Crippen LogP contribution >= 0.6 is 24.0 Å². The summed E-state index contributed by atoms with van der Waals surface area (Å²) in [5.74, 6) is 1.28. The van der Waals surface area contributed by atoms with Gasteiger partial charge in [0.05, 0.1) is 20.8 Å². The van der Waals surface area contributed by atoms with Crippen LogP contribution in [0.3, 0.4) is 0 Å². The van der Waals surface area contributed by atoms with E-state index in [4.69, 9.17) is 9.47 Å². The number of hydrogen-bond acceptors (Lipinski definition) is 5. The van der Waals surface area contributed by atoms with Crippen LogP contribution in [-0.4, -0.2) is 62.6 Å². The molecular weight excluding hydrogens is 523 g/mol. The average molecular weight is 558 g/mol. The van der Waals surface area contributed by atoms with Crippen molar-refractivity contribution in [2.75, 3.05) is 33.9 Å². The molecule has 178 valence electrons. The lowest BCUT2D eigenvalue weighted by Crippen LogP contribution is -2.45. The molecule has 3 rings (SSSR count). The van der Waals surface area contributed by atoms with Gasteiger partial charge in [0.2, 0.25) is 5.91 Å². The van der Waals surface area contributed by atoms with Crippen LogP contribution in [0.1, 0.15) is 54.9 Å². The molecule has 1 aliphatic carbocycles. The van der Waals surface area contributed by atoms with Crippen molar-refractivity contribution in [3.8, 4) is 5.75 Å². The molecule has 32 heavy (non-hydrogen) atoms.